The zero-order valence-corrected chi connectivity index (χ0v) is 9.58. The summed E-state index contributed by atoms with van der Waals surface area (Å²) in [6, 6.07) is -0.0434. The summed E-state index contributed by atoms with van der Waals surface area (Å²) in [4.78, 5) is 0. The van der Waals surface area contributed by atoms with Gasteiger partial charge in [0.15, 0.2) is 0 Å². The van der Waals surface area contributed by atoms with Gasteiger partial charge in [-0.25, -0.2) is 0 Å². The van der Waals surface area contributed by atoms with Crippen molar-refractivity contribution in [2.75, 3.05) is 0 Å². The van der Waals surface area contributed by atoms with Crippen LogP contribution in [0.4, 0.5) is 0 Å². The Balaban J connectivity index is 2.44. The van der Waals surface area contributed by atoms with E-state index < -0.39 is 0 Å². The Morgan fingerprint density at radius 3 is 2.00 bits per heavy atom. The van der Waals surface area contributed by atoms with Gasteiger partial charge in [-0.3, -0.25) is 0 Å². The van der Waals surface area contributed by atoms with Gasteiger partial charge in [-0.2, -0.15) is 0 Å². The van der Waals surface area contributed by atoms with Gasteiger partial charge in [0, 0.05) is 6.04 Å². The lowest BCUT2D eigenvalue weighted by Gasteiger charge is -2.29. The van der Waals surface area contributed by atoms with E-state index in [1.807, 2.05) is 0 Å². The van der Waals surface area contributed by atoms with Crippen molar-refractivity contribution in [3.63, 3.8) is 0 Å². The summed E-state index contributed by atoms with van der Waals surface area (Å²) in [5.74, 6) is 0.836. The molecule has 0 bridgehead atoms. The molecule has 0 heterocycles. The van der Waals surface area contributed by atoms with Crippen molar-refractivity contribution in [1.82, 2.24) is 0 Å². The number of hydrogen-bond donors (Lipinski definition) is 2. The highest BCUT2D eigenvalue weighted by atomic mass is 16.3. The highest BCUT2D eigenvalue weighted by Gasteiger charge is 2.27. The molecule has 0 aromatic carbocycles. The van der Waals surface area contributed by atoms with Crippen LogP contribution in [0.15, 0.2) is 0 Å². The van der Waals surface area contributed by atoms with Crippen LogP contribution in [0.5, 0.6) is 0 Å². The van der Waals surface area contributed by atoms with Gasteiger partial charge in [-0.1, -0.05) is 39.5 Å². The fourth-order valence-corrected chi connectivity index (χ4v) is 2.36. The van der Waals surface area contributed by atoms with Crippen LogP contribution in [-0.4, -0.2) is 17.3 Å². The Morgan fingerprint density at radius 1 is 1.07 bits per heavy atom. The summed E-state index contributed by atoms with van der Waals surface area (Å²) in [5, 5.41) is 10.1. The van der Waals surface area contributed by atoms with E-state index in [0.717, 1.165) is 0 Å². The average molecular weight is 199 g/mol. The minimum Gasteiger partial charge on any atom is -0.391 e. The van der Waals surface area contributed by atoms with Crippen molar-refractivity contribution in [2.45, 2.75) is 64.5 Å². The van der Waals surface area contributed by atoms with E-state index in [1.165, 1.54) is 38.5 Å². The van der Waals surface area contributed by atoms with E-state index in [2.05, 4.69) is 13.8 Å². The molecule has 1 aliphatic carbocycles. The lowest BCUT2D eigenvalue weighted by Crippen LogP contribution is -2.43. The van der Waals surface area contributed by atoms with Crippen LogP contribution in [0.2, 0.25) is 0 Å². The number of hydrogen-bond acceptors (Lipinski definition) is 2. The maximum atomic E-state index is 10.1. The van der Waals surface area contributed by atoms with Crippen LogP contribution in [0.25, 0.3) is 0 Å². The number of aliphatic hydroxyl groups excluding tert-OH is 1. The van der Waals surface area contributed by atoms with Gasteiger partial charge in [0.2, 0.25) is 0 Å². The molecule has 2 heteroatoms. The maximum Gasteiger partial charge on any atom is 0.0721 e. The molecule has 14 heavy (non-hydrogen) atoms. The summed E-state index contributed by atoms with van der Waals surface area (Å²) in [6.07, 6.45) is 7.26. The predicted octanol–water partition coefficient (Wildman–Crippen LogP) is 2.30. The third kappa shape index (κ3) is 3.25. The van der Waals surface area contributed by atoms with E-state index in [-0.39, 0.29) is 12.1 Å². The summed E-state index contributed by atoms with van der Waals surface area (Å²) in [5.41, 5.74) is 5.99. The largest absolute Gasteiger partial charge is 0.391 e. The quantitative estimate of drug-likeness (QED) is 0.685. The smallest absolute Gasteiger partial charge is 0.0721 e. The summed E-state index contributed by atoms with van der Waals surface area (Å²) >= 11 is 0. The molecule has 0 aliphatic heterocycles. The minimum absolute atomic E-state index is 0.0434. The topological polar surface area (TPSA) is 46.2 Å². The molecule has 3 N–H and O–H groups in total. The van der Waals surface area contributed by atoms with Gasteiger partial charge in [0.1, 0.15) is 0 Å². The zero-order valence-electron chi connectivity index (χ0n) is 9.58. The van der Waals surface area contributed by atoms with Crippen LogP contribution in [0, 0.1) is 11.8 Å². The molecule has 1 aliphatic rings. The van der Waals surface area contributed by atoms with Crippen LogP contribution in [0.1, 0.15) is 52.4 Å². The lowest BCUT2D eigenvalue weighted by atomic mass is 9.85. The summed E-state index contributed by atoms with van der Waals surface area (Å²) in [6.45, 7) is 4.18. The van der Waals surface area contributed by atoms with Crippen molar-refractivity contribution in [2.24, 2.45) is 17.6 Å². The second-order valence-corrected chi connectivity index (χ2v) is 5.06. The Labute approximate surface area is 87.9 Å². The van der Waals surface area contributed by atoms with Gasteiger partial charge in [0.25, 0.3) is 0 Å². The molecular formula is C12H25NO. The maximum absolute atomic E-state index is 10.1. The van der Waals surface area contributed by atoms with Gasteiger partial charge in [-0.15, -0.1) is 0 Å². The van der Waals surface area contributed by atoms with Crippen molar-refractivity contribution in [3.8, 4) is 0 Å². The lowest BCUT2D eigenvalue weighted by molar-refractivity contribution is 0.0591. The van der Waals surface area contributed by atoms with Gasteiger partial charge < -0.3 is 10.8 Å². The molecule has 0 saturated heterocycles. The predicted molar refractivity (Wildman–Crippen MR) is 60.0 cm³/mol. The molecule has 0 radical (unpaired) electrons. The fourth-order valence-electron chi connectivity index (χ4n) is 2.36. The molecule has 1 unspecified atom stereocenters. The summed E-state index contributed by atoms with van der Waals surface area (Å²) in [7, 11) is 0. The monoisotopic (exact) mass is 199 g/mol. The van der Waals surface area contributed by atoms with Crippen LogP contribution < -0.4 is 5.73 Å². The highest BCUT2D eigenvalue weighted by Crippen LogP contribution is 2.27. The molecule has 0 amide bonds. The normalized spacial score (nSPS) is 24.6. The first-order chi connectivity index (χ1) is 6.63. The number of nitrogens with two attached hydrogens (primary N) is 1. The van der Waals surface area contributed by atoms with E-state index in [1.54, 1.807) is 0 Å². The van der Waals surface area contributed by atoms with Crippen LogP contribution in [-0.2, 0) is 0 Å². The SMILES string of the molecule is CC(C)[C@@H](N)C(O)C1CCCCCC1. The molecule has 0 aromatic heterocycles. The van der Waals surface area contributed by atoms with E-state index in [4.69, 9.17) is 5.73 Å². The van der Waals surface area contributed by atoms with Crippen LogP contribution in [0.3, 0.4) is 0 Å². The van der Waals surface area contributed by atoms with Crippen molar-refractivity contribution >= 4 is 0 Å². The van der Waals surface area contributed by atoms with Crippen molar-refractivity contribution in [3.05, 3.63) is 0 Å². The van der Waals surface area contributed by atoms with Gasteiger partial charge >= 0.3 is 0 Å². The average Bonchev–Trinajstić information content (AvgIpc) is 2.43. The molecule has 1 rings (SSSR count). The Hall–Kier alpha value is -0.0800. The Kier molecular flexibility index (Phi) is 4.90. The standard InChI is InChI=1S/C12H25NO/c1-9(2)11(13)12(14)10-7-5-3-4-6-8-10/h9-12,14H,3-8,13H2,1-2H3/t11-,12?/m1/s1. The molecule has 1 fully saturated rings. The first-order valence-corrected chi connectivity index (χ1v) is 6.06. The summed E-state index contributed by atoms with van der Waals surface area (Å²) < 4.78 is 0. The van der Waals surface area contributed by atoms with Gasteiger partial charge in [-0.05, 0) is 24.7 Å². The van der Waals surface area contributed by atoms with Gasteiger partial charge in [0.05, 0.1) is 6.10 Å². The van der Waals surface area contributed by atoms with Crippen molar-refractivity contribution in [1.29, 1.82) is 0 Å². The molecule has 1 saturated carbocycles. The first-order valence-electron chi connectivity index (χ1n) is 6.06. The number of aliphatic hydroxyl groups is 1. The molecule has 2 atom stereocenters. The van der Waals surface area contributed by atoms with E-state index in [0.29, 0.717) is 11.8 Å². The highest BCUT2D eigenvalue weighted by molar-refractivity contribution is 4.82. The van der Waals surface area contributed by atoms with Crippen molar-refractivity contribution < 1.29 is 5.11 Å². The second kappa shape index (κ2) is 5.72. The molecule has 84 valence electrons. The van der Waals surface area contributed by atoms with E-state index in [9.17, 15) is 5.11 Å². The Morgan fingerprint density at radius 2 is 1.57 bits per heavy atom. The molecule has 0 aromatic rings. The Bertz CT molecular complexity index is 150. The van der Waals surface area contributed by atoms with E-state index >= 15 is 0 Å². The zero-order chi connectivity index (χ0) is 10.6. The third-order valence-electron chi connectivity index (χ3n) is 3.55. The van der Waals surface area contributed by atoms with Crippen LogP contribution >= 0.6 is 0 Å². The third-order valence-corrected chi connectivity index (χ3v) is 3.55. The fraction of sp³-hybridized carbons (Fsp3) is 1.00. The molecular weight excluding hydrogens is 174 g/mol. The molecule has 0 spiro atoms. The number of rotatable bonds is 3. The molecule has 2 nitrogen and oxygen atoms in total. The first kappa shape index (κ1) is 12.0. The minimum atomic E-state index is -0.284. The second-order valence-electron chi connectivity index (χ2n) is 5.06.